The van der Waals surface area contributed by atoms with Crippen molar-refractivity contribution < 1.29 is 8.56 Å². The number of hydrogen-bond acceptors (Lipinski definition) is 2. The van der Waals surface area contributed by atoms with Gasteiger partial charge in [-0.2, -0.15) is 0 Å². The molecule has 3 heteroatoms. The molecule has 0 aliphatic rings. The second kappa shape index (κ2) is 2.35. The molecule has 0 N–H and O–H groups in total. The van der Waals surface area contributed by atoms with Gasteiger partial charge in [0.1, 0.15) is 0 Å². The molecule has 0 aliphatic carbocycles. The van der Waals surface area contributed by atoms with Crippen LogP contribution in [0.2, 0.25) is 17.3 Å². The van der Waals surface area contributed by atoms with Crippen LogP contribution in [0.4, 0.5) is 0 Å². The molecule has 0 bridgehead atoms. The van der Waals surface area contributed by atoms with Crippen LogP contribution in [-0.4, -0.2) is 20.1 Å². The first-order chi connectivity index (χ1) is 3.06. The van der Waals surface area contributed by atoms with E-state index in [0.717, 1.165) is 0 Å². The first-order valence-corrected chi connectivity index (χ1v) is 9.33. The molecule has 0 radical (unpaired) electrons. The van der Waals surface area contributed by atoms with E-state index in [1.165, 1.54) is 0 Å². The predicted molar refractivity (Wildman–Crippen MR) is 30.5 cm³/mol. The Labute approximate surface area is 46.6 Å². The molecule has 7 heavy (non-hydrogen) atoms. The second-order valence-electron chi connectivity index (χ2n) is 2.33. The fraction of sp³-hybridized carbons (Fsp3) is 0.750. The Morgan fingerprint density at radius 3 is 1.86 bits per heavy atom. The molecule has 0 fully saturated rings. The SMILES string of the molecule is [CH3][Ge]([CH3])([CH3])[O]C=O. The molecular formula is C4H10GeO2. The van der Waals surface area contributed by atoms with Crippen LogP contribution in [0.5, 0.6) is 0 Å². The van der Waals surface area contributed by atoms with Crippen LogP contribution in [0, 0.1) is 0 Å². The summed E-state index contributed by atoms with van der Waals surface area (Å²) in [5.74, 6) is 6.02. The third-order valence-electron chi connectivity index (χ3n) is 0.402. The van der Waals surface area contributed by atoms with Gasteiger partial charge in [-0.3, -0.25) is 0 Å². The standard InChI is InChI=1S/C4H10GeO2/c1-5(2,3)7-4-6/h4H,1-3H3. The van der Waals surface area contributed by atoms with Crippen LogP contribution < -0.4 is 0 Å². The summed E-state index contributed by atoms with van der Waals surface area (Å²) in [6.45, 7) is 0.542. The first kappa shape index (κ1) is 7.01. The van der Waals surface area contributed by atoms with Crippen molar-refractivity contribution in [1.82, 2.24) is 0 Å². The van der Waals surface area contributed by atoms with Crippen molar-refractivity contribution in [2.45, 2.75) is 17.3 Å². The molecule has 0 aliphatic heterocycles. The van der Waals surface area contributed by atoms with Gasteiger partial charge in [0.05, 0.1) is 0 Å². The molecule has 42 valence electrons. The van der Waals surface area contributed by atoms with E-state index in [2.05, 4.69) is 0 Å². The van der Waals surface area contributed by atoms with Gasteiger partial charge in [-0.05, 0) is 0 Å². The number of hydrogen-bond donors (Lipinski definition) is 0. The van der Waals surface area contributed by atoms with Gasteiger partial charge in [-0.15, -0.1) is 0 Å². The predicted octanol–water partition coefficient (Wildman–Crippen LogP) is 0.994. The second-order valence-corrected chi connectivity index (χ2v) is 11.7. The molecule has 0 saturated carbocycles. The summed E-state index contributed by atoms with van der Waals surface area (Å²) >= 11 is -1.95. The Morgan fingerprint density at radius 1 is 1.43 bits per heavy atom. The summed E-state index contributed by atoms with van der Waals surface area (Å²) in [6.07, 6.45) is 0. The van der Waals surface area contributed by atoms with E-state index in [1.54, 1.807) is 0 Å². The molecule has 0 atom stereocenters. The van der Waals surface area contributed by atoms with Crippen LogP contribution >= 0.6 is 0 Å². The van der Waals surface area contributed by atoms with Gasteiger partial charge in [-0.1, -0.05) is 0 Å². The van der Waals surface area contributed by atoms with Crippen LogP contribution in [0.25, 0.3) is 0 Å². The summed E-state index contributed by atoms with van der Waals surface area (Å²) in [5, 5.41) is 0. The van der Waals surface area contributed by atoms with Crippen LogP contribution in [0.15, 0.2) is 0 Å². The molecule has 0 heterocycles. The van der Waals surface area contributed by atoms with Crippen molar-refractivity contribution >= 4 is 20.1 Å². The van der Waals surface area contributed by atoms with Crippen LogP contribution in [0.1, 0.15) is 0 Å². The summed E-state index contributed by atoms with van der Waals surface area (Å²) in [7, 11) is 0. The molecule has 2 nitrogen and oxygen atoms in total. The van der Waals surface area contributed by atoms with Gasteiger partial charge in [0, 0.05) is 0 Å². The van der Waals surface area contributed by atoms with Crippen molar-refractivity contribution in [2.75, 3.05) is 0 Å². The van der Waals surface area contributed by atoms with Gasteiger partial charge in [0.25, 0.3) is 0 Å². The Morgan fingerprint density at radius 2 is 1.86 bits per heavy atom. The zero-order chi connectivity index (χ0) is 5.91. The molecule has 0 aromatic heterocycles. The molecule has 0 amide bonds. The maximum atomic E-state index is 9.65. The van der Waals surface area contributed by atoms with E-state index in [0.29, 0.717) is 6.47 Å². The maximum absolute atomic E-state index is 9.65. The fourth-order valence-corrected chi connectivity index (χ4v) is 0.750. The zero-order valence-electron chi connectivity index (χ0n) is 4.89. The summed E-state index contributed by atoms with van der Waals surface area (Å²) in [4.78, 5) is 9.65. The van der Waals surface area contributed by atoms with Gasteiger partial charge < -0.3 is 0 Å². The molecule has 0 saturated heterocycles. The molecular weight excluding hydrogens is 153 g/mol. The Balaban J connectivity index is 3.34. The van der Waals surface area contributed by atoms with E-state index >= 15 is 0 Å². The topological polar surface area (TPSA) is 26.3 Å². The summed E-state index contributed by atoms with van der Waals surface area (Å²) in [5.41, 5.74) is 0. The van der Waals surface area contributed by atoms with E-state index in [1.807, 2.05) is 17.3 Å². The molecule has 0 aromatic carbocycles. The Kier molecular flexibility index (Phi) is 2.36. The monoisotopic (exact) mass is 164 g/mol. The molecule has 0 aromatic rings. The van der Waals surface area contributed by atoms with Gasteiger partial charge in [0.15, 0.2) is 0 Å². The van der Waals surface area contributed by atoms with Crippen molar-refractivity contribution in [3.05, 3.63) is 0 Å². The van der Waals surface area contributed by atoms with E-state index in [9.17, 15) is 4.79 Å². The number of carbonyl (C=O) groups excluding carboxylic acids is 1. The van der Waals surface area contributed by atoms with Gasteiger partial charge >= 0.3 is 45.9 Å². The third-order valence-corrected chi connectivity index (χ3v) is 2.09. The normalized spacial score (nSPS) is 10.7. The van der Waals surface area contributed by atoms with E-state index in [-0.39, 0.29) is 0 Å². The average Bonchev–Trinajstić information content (AvgIpc) is 1.30. The van der Waals surface area contributed by atoms with Crippen LogP contribution in [0.3, 0.4) is 0 Å². The molecule has 0 rings (SSSR count). The number of rotatable bonds is 2. The van der Waals surface area contributed by atoms with Crippen molar-refractivity contribution in [1.29, 1.82) is 0 Å². The Hall–Kier alpha value is 0.0129. The minimum atomic E-state index is -1.95. The van der Waals surface area contributed by atoms with Crippen molar-refractivity contribution in [3.63, 3.8) is 0 Å². The van der Waals surface area contributed by atoms with Crippen molar-refractivity contribution in [2.24, 2.45) is 0 Å². The van der Waals surface area contributed by atoms with Crippen molar-refractivity contribution in [3.8, 4) is 0 Å². The first-order valence-electron chi connectivity index (χ1n) is 2.18. The van der Waals surface area contributed by atoms with Crippen LogP contribution in [-0.2, 0) is 8.56 Å². The van der Waals surface area contributed by atoms with E-state index in [4.69, 9.17) is 3.76 Å². The summed E-state index contributed by atoms with van der Waals surface area (Å²) < 4.78 is 4.74. The quantitative estimate of drug-likeness (QED) is 0.448. The Bertz CT molecular complexity index is 64.6. The minimum absolute atomic E-state index is 0.542. The fourth-order valence-electron chi connectivity index (χ4n) is 0.144. The molecule has 0 unspecified atom stereocenters. The third kappa shape index (κ3) is 6.01. The molecule has 0 spiro atoms. The summed E-state index contributed by atoms with van der Waals surface area (Å²) in [6, 6.07) is 0. The van der Waals surface area contributed by atoms with Gasteiger partial charge in [0.2, 0.25) is 0 Å². The van der Waals surface area contributed by atoms with E-state index < -0.39 is 13.6 Å². The zero-order valence-corrected chi connectivity index (χ0v) is 6.99. The average molecular weight is 163 g/mol. The number of carbonyl (C=O) groups is 1. The van der Waals surface area contributed by atoms with Gasteiger partial charge in [-0.25, -0.2) is 0 Å².